The fourth-order valence-corrected chi connectivity index (χ4v) is 1.83. The molecule has 0 saturated carbocycles. The van der Waals surface area contributed by atoms with E-state index >= 15 is 0 Å². The molecule has 0 bridgehead atoms. The van der Waals surface area contributed by atoms with E-state index in [4.69, 9.17) is 0 Å². The zero-order valence-electron chi connectivity index (χ0n) is 11.4. The molecule has 2 rings (SSSR count). The number of amides is 1. The first-order chi connectivity index (χ1) is 9.97. The lowest BCUT2D eigenvalue weighted by atomic mass is 10.1. The van der Waals surface area contributed by atoms with E-state index in [-0.39, 0.29) is 24.0 Å². The number of carbonyl (C=O) groups excluding carboxylic acids is 1. The molecule has 5 N–H and O–H groups in total. The van der Waals surface area contributed by atoms with Crippen LogP contribution in [0.5, 0.6) is 17.2 Å². The molecule has 0 heterocycles. The van der Waals surface area contributed by atoms with Gasteiger partial charge >= 0.3 is 0 Å². The van der Waals surface area contributed by atoms with Gasteiger partial charge in [0.1, 0.15) is 0 Å². The normalized spacial score (nSPS) is 10.1. The zero-order valence-corrected chi connectivity index (χ0v) is 11.4. The Hall–Kier alpha value is -2.89. The predicted octanol–water partition coefficient (Wildman–Crippen LogP) is 2.37. The molecule has 21 heavy (non-hydrogen) atoms. The molecule has 0 aliphatic rings. The molecule has 110 valence electrons. The number of hydrogen-bond acceptors (Lipinski definition) is 5. The van der Waals surface area contributed by atoms with Gasteiger partial charge in [-0.15, -0.1) is 0 Å². The van der Waals surface area contributed by atoms with Gasteiger partial charge in [0.15, 0.2) is 11.5 Å². The summed E-state index contributed by atoms with van der Waals surface area (Å²) in [5.74, 6) is -1.39. The Balaban J connectivity index is 2.03. The summed E-state index contributed by atoms with van der Waals surface area (Å²) >= 11 is 0. The number of benzene rings is 2. The Morgan fingerprint density at radius 3 is 2.19 bits per heavy atom. The Kier molecular flexibility index (Phi) is 4.18. The standard InChI is InChI=1S/C15H16N2O4/c1-9(18)17-12-5-3-11(4-6-12)16-8-10-2-7-13(19)15(21)14(10)20/h2-7,16,19-21H,8H2,1H3,(H,17,18). The monoisotopic (exact) mass is 288 g/mol. The van der Waals surface area contributed by atoms with Crippen LogP contribution in [0.2, 0.25) is 0 Å². The molecule has 0 radical (unpaired) electrons. The summed E-state index contributed by atoms with van der Waals surface area (Å²) in [5.41, 5.74) is 1.94. The van der Waals surface area contributed by atoms with E-state index in [0.29, 0.717) is 11.3 Å². The second-order valence-corrected chi connectivity index (χ2v) is 4.55. The number of rotatable bonds is 4. The molecule has 0 atom stereocenters. The van der Waals surface area contributed by atoms with E-state index in [9.17, 15) is 20.1 Å². The van der Waals surface area contributed by atoms with Gasteiger partial charge in [-0.2, -0.15) is 0 Å². The Morgan fingerprint density at radius 2 is 1.57 bits per heavy atom. The molecule has 0 aliphatic heterocycles. The Bertz CT molecular complexity index is 653. The minimum absolute atomic E-state index is 0.139. The topological polar surface area (TPSA) is 102 Å². The van der Waals surface area contributed by atoms with Crippen molar-refractivity contribution in [1.29, 1.82) is 0 Å². The van der Waals surface area contributed by atoms with Crippen LogP contribution < -0.4 is 10.6 Å². The van der Waals surface area contributed by atoms with Crippen LogP contribution in [0.15, 0.2) is 36.4 Å². The van der Waals surface area contributed by atoms with Gasteiger partial charge in [0.2, 0.25) is 11.7 Å². The number of nitrogens with one attached hydrogen (secondary N) is 2. The van der Waals surface area contributed by atoms with Crippen molar-refractivity contribution in [3.8, 4) is 17.2 Å². The maximum absolute atomic E-state index is 10.9. The van der Waals surface area contributed by atoms with Crippen LogP contribution in [0.3, 0.4) is 0 Å². The van der Waals surface area contributed by atoms with Gasteiger partial charge in [-0.25, -0.2) is 0 Å². The average molecular weight is 288 g/mol. The highest BCUT2D eigenvalue weighted by Gasteiger charge is 2.10. The Morgan fingerprint density at radius 1 is 0.952 bits per heavy atom. The van der Waals surface area contributed by atoms with E-state index in [0.717, 1.165) is 5.69 Å². The van der Waals surface area contributed by atoms with Crippen LogP contribution in [-0.4, -0.2) is 21.2 Å². The molecule has 1 amide bonds. The smallest absolute Gasteiger partial charge is 0.221 e. The first kappa shape index (κ1) is 14.5. The van der Waals surface area contributed by atoms with Crippen molar-refractivity contribution in [2.24, 2.45) is 0 Å². The van der Waals surface area contributed by atoms with Crippen LogP contribution in [0.4, 0.5) is 11.4 Å². The quantitative estimate of drug-likeness (QED) is 0.556. The molecule has 2 aromatic rings. The van der Waals surface area contributed by atoms with Crippen molar-refractivity contribution < 1.29 is 20.1 Å². The predicted molar refractivity (Wildman–Crippen MR) is 79.5 cm³/mol. The van der Waals surface area contributed by atoms with E-state index in [1.54, 1.807) is 24.3 Å². The molecule has 0 spiro atoms. The number of anilines is 2. The van der Waals surface area contributed by atoms with Crippen LogP contribution in [0.1, 0.15) is 12.5 Å². The summed E-state index contributed by atoms with van der Waals surface area (Å²) in [6, 6.07) is 9.88. The summed E-state index contributed by atoms with van der Waals surface area (Å²) in [7, 11) is 0. The lowest BCUT2D eigenvalue weighted by Crippen LogP contribution is -2.05. The third-order valence-corrected chi connectivity index (χ3v) is 2.90. The minimum atomic E-state index is -0.532. The lowest BCUT2D eigenvalue weighted by Gasteiger charge is -2.10. The number of phenolic OH excluding ortho intramolecular Hbond substituents is 3. The zero-order chi connectivity index (χ0) is 15.4. The fourth-order valence-electron chi connectivity index (χ4n) is 1.83. The van der Waals surface area contributed by atoms with Crippen molar-refractivity contribution in [2.45, 2.75) is 13.5 Å². The largest absolute Gasteiger partial charge is 0.504 e. The molecule has 0 aromatic heterocycles. The van der Waals surface area contributed by atoms with Crippen LogP contribution >= 0.6 is 0 Å². The molecular formula is C15H16N2O4. The van der Waals surface area contributed by atoms with E-state index in [2.05, 4.69) is 10.6 Å². The van der Waals surface area contributed by atoms with E-state index in [1.165, 1.54) is 19.1 Å². The highest BCUT2D eigenvalue weighted by Crippen LogP contribution is 2.37. The minimum Gasteiger partial charge on any atom is -0.504 e. The van der Waals surface area contributed by atoms with Crippen molar-refractivity contribution >= 4 is 17.3 Å². The second-order valence-electron chi connectivity index (χ2n) is 4.55. The fraction of sp³-hybridized carbons (Fsp3) is 0.133. The molecule has 0 saturated heterocycles. The highest BCUT2D eigenvalue weighted by atomic mass is 16.3. The van der Waals surface area contributed by atoms with E-state index in [1.807, 2.05) is 0 Å². The first-order valence-corrected chi connectivity index (χ1v) is 6.31. The third-order valence-electron chi connectivity index (χ3n) is 2.90. The molecule has 0 aliphatic carbocycles. The maximum Gasteiger partial charge on any atom is 0.221 e. The number of hydrogen-bond donors (Lipinski definition) is 5. The molecule has 6 heteroatoms. The number of aromatic hydroxyl groups is 3. The van der Waals surface area contributed by atoms with Gasteiger partial charge in [-0.05, 0) is 36.4 Å². The number of phenols is 3. The Labute approximate surface area is 121 Å². The second kappa shape index (κ2) is 6.04. The SMILES string of the molecule is CC(=O)Nc1ccc(NCc2ccc(O)c(O)c2O)cc1. The molecule has 6 nitrogen and oxygen atoms in total. The summed E-state index contributed by atoms with van der Waals surface area (Å²) < 4.78 is 0. The van der Waals surface area contributed by atoms with Crippen molar-refractivity contribution in [3.63, 3.8) is 0 Å². The summed E-state index contributed by atoms with van der Waals surface area (Å²) in [6.07, 6.45) is 0. The summed E-state index contributed by atoms with van der Waals surface area (Å²) in [5, 5.41) is 34.1. The van der Waals surface area contributed by atoms with Crippen molar-refractivity contribution in [3.05, 3.63) is 42.0 Å². The first-order valence-electron chi connectivity index (χ1n) is 6.31. The maximum atomic E-state index is 10.9. The van der Waals surface area contributed by atoms with Crippen LogP contribution in [0.25, 0.3) is 0 Å². The third kappa shape index (κ3) is 3.56. The molecule has 0 fully saturated rings. The van der Waals surface area contributed by atoms with Crippen molar-refractivity contribution in [1.82, 2.24) is 0 Å². The van der Waals surface area contributed by atoms with Gasteiger partial charge in [-0.1, -0.05) is 0 Å². The number of carbonyl (C=O) groups is 1. The highest BCUT2D eigenvalue weighted by molar-refractivity contribution is 5.88. The summed E-state index contributed by atoms with van der Waals surface area (Å²) in [6.45, 7) is 1.71. The molecule has 2 aromatic carbocycles. The van der Waals surface area contributed by atoms with E-state index < -0.39 is 5.75 Å². The molecule has 0 unspecified atom stereocenters. The van der Waals surface area contributed by atoms with Gasteiger partial charge in [0.05, 0.1) is 0 Å². The van der Waals surface area contributed by atoms with Gasteiger partial charge in [0, 0.05) is 30.4 Å². The average Bonchev–Trinajstić information content (AvgIpc) is 2.45. The van der Waals surface area contributed by atoms with Gasteiger partial charge in [0.25, 0.3) is 0 Å². The van der Waals surface area contributed by atoms with Gasteiger partial charge < -0.3 is 26.0 Å². The summed E-state index contributed by atoms with van der Waals surface area (Å²) in [4.78, 5) is 10.9. The van der Waals surface area contributed by atoms with Crippen molar-refractivity contribution in [2.75, 3.05) is 10.6 Å². The van der Waals surface area contributed by atoms with Gasteiger partial charge in [-0.3, -0.25) is 4.79 Å². The van der Waals surface area contributed by atoms with Crippen LogP contribution in [-0.2, 0) is 11.3 Å². The lowest BCUT2D eigenvalue weighted by molar-refractivity contribution is -0.114. The molecular weight excluding hydrogens is 272 g/mol. The van der Waals surface area contributed by atoms with Crippen LogP contribution in [0, 0.1) is 0 Å².